The minimum Gasteiger partial charge on any atom is -0.469 e. The summed E-state index contributed by atoms with van der Waals surface area (Å²) in [6.07, 6.45) is 0. The fraction of sp³-hybridized carbons (Fsp3) is 0.462. The van der Waals surface area contributed by atoms with Crippen LogP contribution in [0.15, 0.2) is 30.3 Å². The summed E-state index contributed by atoms with van der Waals surface area (Å²) >= 11 is 0. The van der Waals surface area contributed by atoms with Crippen molar-refractivity contribution in [1.29, 1.82) is 0 Å². The number of hydrogen-bond donors (Lipinski definition) is 0. The Morgan fingerprint density at radius 3 is 2.39 bits per heavy atom. The maximum absolute atomic E-state index is 11.8. The predicted octanol–water partition coefficient (Wildman–Crippen LogP) is 2.25. The van der Waals surface area contributed by atoms with E-state index in [9.17, 15) is 14.9 Å². The van der Waals surface area contributed by atoms with E-state index in [1.54, 1.807) is 38.1 Å². The molecule has 1 aromatic rings. The fourth-order valence-electron chi connectivity index (χ4n) is 1.99. The Hall–Kier alpha value is -1.91. The van der Waals surface area contributed by atoms with Crippen LogP contribution >= 0.6 is 0 Å². The number of hydrogen-bond acceptors (Lipinski definition) is 4. The minimum atomic E-state index is -0.941. The molecule has 0 saturated heterocycles. The quantitative estimate of drug-likeness (QED) is 0.457. The van der Waals surface area contributed by atoms with Crippen molar-refractivity contribution in [1.82, 2.24) is 0 Å². The lowest BCUT2D eigenvalue weighted by molar-refractivity contribution is -0.485. The van der Waals surface area contributed by atoms with Crippen LogP contribution in [0.4, 0.5) is 0 Å². The van der Waals surface area contributed by atoms with Crippen LogP contribution in [0.2, 0.25) is 0 Å². The largest absolute Gasteiger partial charge is 0.469 e. The molecule has 0 aliphatic rings. The number of ether oxygens (including phenoxy) is 1. The first-order valence-electron chi connectivity index (χ1n) is 5.64. The SMILES string of the molecule is COC(=O)C(C)(C)C(C[N+](=O)[O-])c1ccccc1. The highest BCUT2D eigenvalue weighted by molar-refractivity contribution is 5.77. The van der Waals surface area contributed by atoms with Gasteiger partial charge < -0.3 is 4.74 Å². The molecule has 0 saturated carbocycles. The number of rotatable bonds is 5. The summed E-state index contributed by atoms with van der Waals surface area (Å²) in [5.41, 5.74) is -0.173. The molecule has 0 aromatic heterocycles. The summed E-state index contributed by atoms with van der Waals surface area (Å²) in [4.78, 5) is 22.2. The second-order valence-corrected chi connectivity index (χ2v) is 4.69. The molecule has 5 heteroatoms. The van der Waals surface area contributed by atoms with Crippen LogP contribution in [-0.2, 0) is 9.53 Å². The molecule has 1 aromatic carbocycles. The van der Waals surface area contributed by atoms with E-state index in [0.29, 0.717) is 0 Å². The van der Waals surface area contributed by atoms with E-state index in [-0.39, 0.29) is 6.54 Å². The van der Waals surface area contributed by atoms with Crippen LogP contribution in [0.5, 0.6) is 0 Å². The molecule has 1 atom stereocenters. The second-order valence-electron chi connectivity index (χ2n) is 4.69. The summed E-state index contributed by atoms with van der Waals surface area (Å²) in [5, 5.41) is 10.8. The molecule has 0 spiro atoms. The first-order chi connectivity index (χ1) is 8.39. The maximum atomic E-state index is 11.8. The molecule has 0 fully saturated rings. The van der Waals surface area contributed by atoms with Gasteiger partial charge in [-0.25, -0.2) is 0 Å². The zero-order chi connectivity index (χ0) is 13.8. The van der Waals surface area contributed by atoms with Gasteiger partial charge in [0.25, 0.3) is 0 Å². The van der Waals surface area contributed by atoms with Gasteiger partial charge in [-0.1, -0.05) is 30.3 Å². The lowest BCUT2D eigenvalue weighted by atomic mass is 9.75. The Balaban J connectivity index is 3.13. The van der Waals surface area contributed by atoms with E-state index in [1.807, 2.05) is 6.07 Å². The summed E-state index contributed by atoms with van der Waals surface area (Å²) in [6, 6.07) is 9.01. The van der Waals surface area contributed by atoms with Gasteiger partial charge in [-0.15, -0.1) is 0 Å². The average Bonchev–Trinajstić information content (AvgIpc) is 2.35. The van der Waals surface area contributed by atoms with E-state index < -0.39 is 22.2 Å². The van der Waals surface area contributed by atoms with Gasteiger partial charge in [-0.05, 0) is 19.4 Å². The standard InChI is InChI=1S/C13H17NO4/c1-13(2,12(15)18-3)11(9-14(16)17)10-7-5-4-6-8-10/h4-8,11H,9H2,1-3H3. The predicted molar refractivity (Wildman–Crippen MR) is 66.8 cm³/mol. The average molecular weight is 251 g/mol. The van der Waals surface area contributed by atoms with Crippen molar-refractivity contribution in [2.45, 2.75) is 19.8 Å². The highest BCUT2D eigenvalue weighted by Gasteiger charge is 2.41. The highest BCUT2D eigenvalue weighted by atomic mass is 16.6. The summed E-state index contributed by atoms with van der Waals surface area (Å²) in [7, 11) is 1.29. The summed E-state index contributed by atoms with van der Waals surface area (Å²) in [6.45, 7) is 3.03. The summed E-state index contributed by atoms with van der Waals surface area (Å²) in [5.74, 6) is -0.959. The molecule has 0 aliphatic carbocycles. The number of nitro groups is 1. The third-order valence-electron chi connectivity index (χ3n) is 3.12. The third kappa shape index (κ3) is 3.06. The van der Waals surface area contributed by atoms with Crippen LogP contribution in [-0.4, -0.2) is 24.5 Å². The maximum Gasteiger partial charge on any atom is 0.312 e. The molecular weight excluding hydrogens is 234 g/mol. The topological polar surface area (TPSA) is 69.4 Å². The highest BCUT2D eigenvalue weighted by Crippen LogP contribution is 2.36. The van der Waals surface area contributed by atoms with E-state index in [0.717, 1.165) is 5.56 Å². The van der Waals surface area contributed by atoms with Crippen LogP contribution in [0.25, 0.3) is 0 Å². The number of benzene rings is 1. The zero-order valence-electron chi connectivity index (χ0n) is 10.8. The van der Waals surface area contributed by atoms with Gasteiger partial charge in [-0.3, -0.25) is 14.9 Å². The van der Waals surface area contributed by atoms with Crippen molar-refractivity contribution in [3.63, 3.8) is 0 Å². The Labute approximate surface area is 106 Å². The number of nitrogens with zero attached hydrogens (tertiary/aromatic N) is 1. The number of carbonyl (C=O) groups excluding carboxylic acids is 1. The van der Waals surface area contributed by atoms with Gasteiger partial charge in [0, 0.05) is 4.92 Å². The van der Waals surface area contributed by atoms with Crippen LogP contribution in [0.1, 0.15) is 25.3 Å². The second kappa shape index (κ2) is 5.62. The van der Waals surface area contributed by atoms with Crippen molar-refractivity contribution >= 4 is 5.97 Å². The van der Waals surface area contributed by atoms with Gasteiger partial charge in [0.05, 0.1) is 18.4 Å². The molecule has 18 heavy (non-hydrogen) atoms. The van der Waals surface area contributed by atoms with Gasteiger partial charge in [0.1, 0.15) is 0 Å². The lowest BCUT2D eigenvalue weighted by Gasteiger charge is -2.29. The monoisotopic (exact) mass is 251 g/mol. The number of esters is 1. The van der Waals surface area contributed by atoms with Crippen molar-refractivity contribution in [3.05, 3.63) is 46.0 Å². The molecule has 0 bridgehead atoms. The van der Waals surface area contributed by atoms with Crippen LogP contribution in [0, 0.1) is 15.5 Å². The Morgan fingerprint density at radius 1 is 1.39 bits per heavy atom. The fourth-order valence-corrected chi connectivity index (χ4v) is 1.99. The van der Waals surface area contributed by atoms with Crippen molar-refractivity contribution in [3.8, 4) is 0 Å². The van der Waals surface area contributed by atoms with E-state index in [1.165, 1.54) is 7.11 Å². The van der Waals surface area contributed by atoms with E-state index >= 15 is 0 Å². The van der Waals surface area contributed by atoms with Gasteiger partial charge in [0.15, 0.2) is 0 Å². The summed E-state index contributed by atoms with van der Waals surface area (Å²) < 4.78 is 4.74. The number of carbonyl (C=O) groups is 1. The number of methoxy groups -OCH3 is 1. The Bertz CT molecular complexity index is 428. The Morgan fingerprint density at radius 2 is 1.94 bits per heavy atom. The third-order valence-corrected chi connectivity index (χ3v) is 3.12. The van der Waals surface area contributed by atoms with Gasteiger partial charge >= 0.3 is 5.97 Å². The van der Waals surface area contributed by atoms with Gasteiger partial charge in [0.2, 0.25) is 6.54 Å². The molecule has 98 valence electrons. The molecule has 0 heterocycles. The lowest BCUT2D eigenvalue weighted by Crippen LogP contribution is -2.36. The molecular formula is C13H17NO4. The Kier molecular flexibility index (Phi) is 4.42. The first-order valence-corrected chi connectivity index (χ1v) is 5.64. The molecule has 1 unspecified atom stereocenters. The minimum absolute atomic E-state index is 0.299. The van der Waals surface area contributed by atoms with E-state index in [2.05, 4.69) is 0 Å². The van der Waals surface area contributed by atoms with Crippen molar-refractivity contribution < 1.29 is 14.5 Å². The van der Waals surface area contributed by atoms with Crippen molar-refractivity contribution in [2.75, 3.05) is 13.7 Å². The van der Waals surface area contributed by atoms with Crippen LogP contribution < -0.4 is 0 Å². The molecule has 5 nitrogen and oxygen atoms in total. The van der Waals surface area contributed by atoms with Crippen LogP contribution in [0.3, 0.4) is 0 Å². The molecule has 0 aliphatic heterocycles. The first kappa shape index (κ1) is 14.2. The molecule has 0 amide bonds. The smallest absolute Gasteiger partial charge is 0.312 e. The molecule has 0 radical (unpaired) electrons. The molecule has 1 rings (SSSR count). The van der Waals surface area contributed by atoms with Gasteiger partial charge in [-0.2, -0.15) is 0 Å². The van der Waals surface area contributed by atoms with E-state index in [4.69, 9.17) is 4.74 Å². The zero-order valence-corrected chi connectivity index (χ0v) is 10.8. The van der Waals surface area contributed by atoms with Crippen molar-refractivity contribution in [2.24, 2.45) is 5.41 Å². The molecule has 0 N–H and O–H groups in total. The normalized spacial score (nSPS) is 12.8.